The topological polar surface area (TPSA) is 52.5 Å². The number of benzene rings is 1. The van der Waals surface area contributed by atoms with Crippen LogP contribution in [0.15, 0.2) is 18.2 Å². The highest BCUT2D eigenvalue weighted by Crippen LogP contribution is 2.34. The fraction of sp³-hybridized carbons (Fsp3) is 0.571. The molecule has 1 aromatic carbocycles. The lowest BCUT2D eigenvalue weighted by Crippen LogP contribution is -2.29. The van der Waals surface area contributed by atoms with Crippen molar-refractivity contribution < 1.29 is 10.2 Å². The molecule has 0 bridgehead atoms. The Morgan fingerprint density at radius 3 is 2.29 bits per heavy atom. The van der Waals surface area contributed by atoms with E-state index < -0.39 is 0 Å². The first-order valence-electron chi connectivity index (χ1n) is 6.33. The molecule has 2 atom stereocenters. The van der Waals surface area contributed by atoms with Gasteiger partial charge in [-0.05, 0) is 43.9 Å². The van der Waals surface area contributed by atoms with E-state index in [1.54, 1.807) is 12.1 Å². The first-order valence-corrected chi connectivity index (χ1v) is 6.33. The van der Waals surface area contributed by atoms with Gasteiger partial charge in [-0.3, -0.25) is 0 Å². The molecule has 1 aliphatic carbocycles. The van der Waals surface area contributed by atoms with Crippen molar-refractivity contribution >= 4 is 0 Å². The second kappa shape index (κ2) is 4.96. The summed E-state index contributed by atoms with van der Waals surface area (Å²) < 4.78 is 0. The quantitative estimate of drug-likeness (QED) is 0.735. The molecular formula is C14H21NO2. The molecule has 3 heteroatoms. The summed E-state index contributed by atoms with van der Waals surface area (Å²) >= 11 is 0. The van der Waals surface area contributed by atoms with Crippen molar-refractivity contribution in [2.75, 3.05) is 0 Å². The lowest BCUT2D eigenvalue weighted by Gasteiger charge is -2.20. The summed E-state index contributed by atoms with van der Waals surface area (Å²) in [5.41, 5.74) is 0.921. The third-order valence-corrected chi connectivity index (χ3v) is 3.34. The summed E-state index contributed by atoms with van der Waals surface area (Å²) in [6.07, 6.45) is 3.95. The van der Waals surface area contributed by atoms with Gasteiger partial charge in [0, 0.05) is 18.2 Å². The molecule has 0 radical (unpaired) electrons. The molecule has 1 aliphatic rings. The molecule has 1 fully saturated rings. The lowest BCUT2D eigenvalue weighted by atomic mass is 10.1. The van der Waals surface area contributed by atoms with Crippen LogP contribution in [-0.2, 0) is 0 Å². The van der Waals surface area contributed by atoms with Crippen molar-refractivity contribution in [3.05, 3.63) is 23.8 Å². The van der Waals surface area contributed by atoms with Crippen molar-refractivity contribution in [3.63, 3.8) is 0 Å². The first kappa shape index (κ1) is 12.2. The van der Waals surface area contributed by atoms with Crippen LogP contribution in [0, 0.1) is 5.92 Å². The second-order valence-electron chi connectivity index (χ2n) is 5.25. The SMILES string of the molecule is CC(CC1CC1)NC(C)c1cc(O)cc(O)c1. The molecular weight excluding hydrogens is 214 g/mol. The number of aromatic hydroxyl groups is 2. The molecule has 0 heterocycles. The molecule has 3 nitrogen and oxygen atoms in total. The number of phenols is 2. The molecule has 2 unspecified atom stereocenters. The van der Waals surface area contributed by atoms with Gasteiger partial charge in [0.1, 0.15) is 11.5 Å². The van der Waals surface area contributed by atoms with E-state index in [-0.39, 0.29) is 17.5 Å². The van der Waals surface area contributed by atoms with Crippen LogP contribution >= 0.6 is 0 Å². The summed E-state index contributed by atoms with van der Waals surface area (Å²) in [6, 6.07) is 5.36. The molecule has 0 aliphatic heterocycles. The molecule has 0 saturated heterocycles. The summed E-state index contributed by atoms with van der Waals surface area (Å²) in [7, 11) is 0. The number of phenolic OH excluding ortho intramolecular Hbond substituents is 2. The summed E-state index contributed by atoms with van der Waals surface area (Å²) in [6.45, 7) is 4.25. The van der Waals surface area contributed by atoms with Gasteiger partial charge in [-0.2, -0.15) is 0 Å². The van der Waals surface area contributed by atoms with Crippen LogP contribution in [0.3, 0.4) is 0 Å². The Kier molecular flexibility index (Phi) is 3.57. The van der Waals surface area contributed by atoms with Gasteiger partial charge in [0.25, 0.3) is 0 Å². The minimum absolute atomic E-state index is 0.114. The maximum absolute atomic E-state index is 9.44. The first-order chi connectivity index (χ1) is 8.04. The average molecular weight is 235 g/mol. The van der Waals surface area contributed by atoms with E-state index >= 15 is 0 Å². The van der Waals surface area contributed by atoms with E-state index in [2.05, 4.69) is 19.2 Å². The average Bonchev–Trinajstić information content (AvgIpc) is 2.99. The van der Waals surface area contributed by atoms with E-state index in [0.717, 1.165) is 11.5 Å². The number of hydrogen-bond donors (Lipinski definition) is 3. The lowest BCUT2D eigenvalue weighted by molar-refractivity contribution is 0.426. The maximum Gasteiger partial charge on any atom is 0.119 e. The third-order valence-electron chi connectivity index (χ3n) is 3.34. The minimum Gasteiger partial charge on any atom is -0.508 e. The van der Waals surface area contributed by atoms with Gasteiger partial charge in [-0.15, -0.1) is 0 Å². The van der Waals surface area contributed by atoms with Crippen molar-refractivity contribution in [3.8, 4) is 11.5 Å². The van der Waals surface area contributed by atoms with Crippen LogP contribution in [0.25, 0.3) is 0 Å². The fourth-order valence-corrected chi connectivity index (χ4v) is 2.31. The fourth-order valence-electron chi connectivity index (χ4n) is 2.31. The van der Waals surface area contributed by atoms with E-state index in [1.165, 1.54) is 25.3 Å². The Balaban J connectivity index is 1.95. The molecule has 1 aromatic rings. The molecule has 1 saturated carbocycles. The Morgan fingerprint density at radius 2 is 1.76 bits per heavy atom. The van der Waals surface area contributed by atoms with Crippen LogP contribution in [0.4, 0.5) is 0 Å². The highest BCUT2D eigenvalue weighted by Gasteiger charge is 2.24. The van der Waals surface area contributed by atoms with Gasteiger partial charge in [0.05, 0.1) is 0 Å². The molecule has 94 valence electrons. The van der Waals surface area contributed by atoms with Crippen LogP contribution in [-0.4, -0.2) is 16.3 Å². The molecule has 0 spiro atoms. The Bertz CT molecular complexity index is 368. The molecule has 0 aromatic heterocycles. The van der Waals surface area contributed by atoms with E-state index in [0.29, 0.717) is 6.04 Å². The van der Waals surface area contributed by atoms with Crippen LogP contribution in [0.2, 0.25) is 0 Å². The standard InChI is InChI=1S/C14H21NO2/c1-9(5-11-3-4-11)15-10(2)12-6-13(16)8-14(17)7-12/h6-11,15-17H,3-5H2,1-2H3. The number of nitrogens with one attached hydrogen (secondary N) is 1. The Labute approximate surface area is 102 Å². The Morgan fingerprint density at radius 1 is 1.18 bits per heavy atom. The van der Waals surface area contributed by atoms with E-state index in [1.807, 2.05) is 0 Å². The zero-order valence-corrected chi connectivity index (χ0v) is 10.5. The largest absolute Gasteiger partial charge is 0.508 e. The summed E-state index contributed by atoms with van der Waals surface area (Å²) in [4.78, 5) is 0. The van der Waals surface area contributed by atoms with Gasteiger partial charge < -0.3 is 15.5 Å². The zero-order chi connectivity index (χ0) is 12.4. The van der Waals surface area contributed by atoms with Crippen molar-refractivity contribution in [1.29, 1.82) is 0 Å². The second-order valence-corrected chi connectivity index (χ2v) is 5.25. The number of hydrogen-bond acceptors (Lipinski definition) is 3. The predicted octanol–water partition coefficient (Wildman–Crippen LogP) is 2.94. The molecule has 17 heavy (non-hydrogen) atoms. The Hall–Kier alpha value is -1.22. The van der Waals surface area contributed by atoms with Crippen LogP contribution in [0.1, 0.15) is 44.7 Å². The monoisotopic (exact) mass is 235 g/mol. The highest BCUT2D eigenvalue weighted by molar-refractivity contribution is 5.37. The van der Waals surface area contributed by atoms with Crippen molar-refractivity contribution in [1.82, 2.24) is 5.32 Å². The van der Waals surface area contributed by atoms with E-state index in [9.17, 15) is 10.2 Å². The predicted molar refractivity (Wildman–Crippen MR) is 68.1 cm³/mol. The van der Waals surface area contributed by atoms with Gasteiger partial charge in [-0.1, -0.05) is 12.8 Å². The summed E-state index contributed by atoms with van der Waals surface area (Å²) in [5, 5.41) is 22.4. The van der Waals surface area contributed by atoms with Gasteiger partial charge in [-0.25, -0.2) is 0 Å². The van der Waals surface area contributed by atoms with Gasteiger partial charge >= 0.3 is 0 Å². The van der Waals surface area contributed by atoms with E-state index in [4.69, 9.17) is 0 Å². The van der Waals surface area contributed by atoms with Crippen LogP contribution < -0.4 is 5.32 Å². The molecule has 2 rings (SSSR count). The third kappa shape index (κ3) is 3.63. The molecule has 3 N–H and O–H groups in total. The van der Waals surface area contributed by atoms with Crippen molar-refractivity contribution in [2.45, 2.75) is 45.2 Å². The summed E-state index contributed by atoms with van der Waals surface area (Å²) in [5.74, 6) is 1.13. The smallest absolute Gasteiger partial charge is 0.119 e. The van der Waals surface area contributed by atoms with Gasteiger partial charge in [0.15, 0.2) is 0 Å². The molecule has 0 amide bonds. The van der Waals surface area contributed by atoms with Crippen LogP contribution in [0.5, 0.6) is 11.5 Å². The normalized spacial score (nSPS) is 18.9. The minimum atomic E-state index is 0.114. The maximum atomic E-state index is 9.44. The highest BCUT2D eigenvalue weighted by atomic mass is 16.3. The number of rotatable bonds is 5. The zero-order valence-electron chi connectivity index (χ0n) is 10.5. The van der Waals surface area contributed by atoms with Gasteiger partial charge in [0.2, 0.25) is 0 Å². The van der Waals surface area contributed by atoms with Crippen molar-refractivity contribution in [2.24, 2.45) is 5.92 Å².